The molecule has 1 aliphatic heterocycles. The molecule has 236 valence electrons. The van der Waals surface area contributed by atoms with Crippen LogP contribution in [0.5, 0.6) is 17.2 Å². The molecular weight excluding hydrogens is 738 g/mol. The summed E-state index contributed by atoms with van der Waals surface area (Å²) in [5.41, 5.74) is 3.11. The van der Waals surface area contributed by atoms with E-state index in [9.17, 15) is 14.9 Å². The zero-order chi connectivity index (χ0) is 33.0. The van der Waals surface area contributed by atoms with E-state index in [0.29, 0.717) is 59.0 Å². The van der Waals surface area contributed by atoms with Crippen molar-refractivity contribution in [3.05, 3.63) is 117 Å². The Bertz CT molecular complexity index is 2080. The number of halogens is 2. The fraction of sp³-hybridized carbons (Fsp3) is 0.235. The molecule has 0 aliphatic carbocycles. The number of ether oxygens (including phenoxy) is 4. The van der Waals surface area contributed by atoms with Crippen LogP contribution < -0.4 is 29.1 Å². The molecule has 3 aromatic carbocycles. The van der Waals surface area contributed by atoms with Crippen LogP contribution in [0.25, 0.3) is 6.08 Å². The van der Waals surface area contributed by atoms with Crippen LogP contribution in [-0.2, 0) is 16.1 Å². The number of hydrogen-bond donors (Lipinski definition) is 0. The molecule has 0 saturated heterocycles. The smallest absolute Gasteiger partial charge is 0.338 e. The van der Waals surface area contributed by atoms with E-state index in [1.165, 1.54) is 23.0 Å². The number of thiazole rings is 1. The highest BCUT2D eigenvalue weighted by molar-refractivity contribution is 9.10. The summed E-state index contributed by atoms with van der Waals surface area (Å²) in [6, 6.07) is 17.6. The van der Waals surface area contributed by atoms with Crippen molar-refractivity contribution in [3.63, 3.8) is 0 Å². The number of methoxy groups -OCH3 is 1. The summed E-state index contributed by atoms with van der Waals surface area (Å²) in [4.78, 5) is 32.6. The van der Waals surface area contributed by atoms with Gasteiger partial charge in [0, 0.05) is 10.0 Å². The molecule has 0 bridgehead atoms. The fourth-order valence-corrected chi connectivity index (χ4v) is 7.16. The molecule has 5 rings (SSSR count). The summed E-state index contributed by atoms with van der Waals surface area (Å²) in [6.07, 6.45) is 1.78. The monoisotopic (exact) mass is 765 g/mol. The Kier molecular flexibility index (Phi) is 10.5. The van der Waals surface area contributed by atoms with Gasteiger partial charge in [-0.1, -0.05) is 51.5 Å². The molecule has 0 saturated carbocycles. The van der Waals surface area contributed by atoms with Crippen molar-refractivity contribution in [3.8, 4) is 23.3 Å². The molecule has 2 heterocycles. The average Bonchev–Trinajstić information content (AvgIpc) is 3.34. The van der Waals surface area contributed by atoms with Gasteiger partial charge in [-0.3, -0.25) is 9.36 Å². The summed E-state index contributed by atoms with van der Waals surface area (Å²) in [5.74, 6) is 1.03. The summed E-state index contributed by atoms with van der Waals surface area (Å²) < 4.78 is 26.0. The normalized spacial score (nSPS) is 14.3. The molecule has 1 atom stereocenters. The molecule has 0 radical (unpaired) electrons. The van der Waals surface area contributed by atoms with E-state index in [4.69, 9.17) is 18.9 Å². The van der Waals surface area contributed by atoms with E-state index >= 15 is 0 Å². The Morgan fingerprint density at radius 1 is 1.04 bits per heavy atom. The standard InChI is InChI=1S/C34H29Br2N3O6S/c1-5-43-28-16-24(35)23(15-27(28)42-4)31-30(33(41)44-6-2)19(3)38-34-39(31)32(40)29(46-34)14-20-11-12-26(25(36)13-20)45-18-22-10-8-7-9-21(22)17-37/h7-16,31H,5-6,18H2,1-4H3/b29-14+/t31-/m0/s1. The number of nitriles is 1. The first-order valence-electron chi connectivity index (χ1n) is 14.3. The SMILES string of the molecule is CCOC(=O)C1=C(C)N=c2s/c(=C/c3ccc(OCc4ccccc4C#N)c(Br)c3)c(=O)n2[C@H]1c1cc(OC)c(OCC)cc1Br. The van der Waals surface area contributed by atoms with Crippen LogP contribution in [0.2, 0.25) is 0 Å². The number of nitrogens with zero attached hydrogens (tertiary/aromatic N) is 3. The summed E-state index contributed by atoms with van der Waals surface area (Å²) in [7, 11) is 1.54. The van der Waals surface area contributed by atoms with Gasteiger partial charge in [-0.2, -0.15) is 5.26 Å². The number of aromatic nitrogens is 1. The second-order valence-corrected chi connectivity index (χ2v) is 12.7. The first-order chi connectivity index (χ1) is 22.2. The van der Waals surface area contributed by atoms with Gasteiger partial charge in [0.05, 0.1) is 58.3 Å². The Hall–Kier alpha value is -4.18. The molecule has 12 heteroatoms. The van der Waals surface area contributed by atoms with Crippen molar-refractivity contribution >= 4 is 55.2 Å². The topological polar surface area (TPSA) is 112 Å². The zero-order valence-electron chi connectivity index (χ0n) is 25.4. The number of esters is 1. The summed E-state index contributed by atoms with van der Waals surface area (Å²) in [6.45, 7) is 6.17. The zero-order valence-corrected chi connectivity index (χ0v) is 29.4. The minimum Gasteiger partial charge on any atom is -0.493 e. The lowest BCUT2D eigenvalue weighted by Gasteiger charge is -2.26. The number of fused-ring (bicyclic) bond motifs is 1. The molecular formula is C34H29Br2N3O6S. The fourth-order valence-electron chi connectivity index (χ4n) is 5.06. The quantitative estimate of drug-likeness (QED) is 0.177. The summed E-state index contributed by atoms with van der Waals surface area (Å²) in [5, 5.41) is 9.37. The van der Waals surface area contributed by atoms with E-state index in [0.717, 1.165) is 11.1 Å². The van der Waals surface area contributed by atoms with Crippen LogP contribution in [0.4, 0.5) is 0 Å². The first-order valence-corrected chi connectivity index (χ1v) is 16.7. The van der Waals surface area contributed by atoms with Gasteiger partial charge in [-0.05, 0) is 84.2 Å². The first kappa shape index (κ1) is 33.2. The molecule has 46 heavy (non-hydrogen) atoms. The lowest BCUT2D eigenvalue weighted by Crippen LogP contribution is -2.40. The van der Waals surface area contributed by atoms with Gasteiger partial charge < -0.3 is 18.9 Å². The highest BCUT2D eigenvalue weighted by Crippen LogP contribution is 2.41. The number of carbonyl (C=O) groups is 1. The highest BCUT2D eigenvalue weighted by atomic mass is 79.9. The van der Waals surface area contributed by atoms with E-state index in [2.05, 4.69) is 42.9 Å². The van der Waals surface area contributed by atoms with E-state index in [1.807, 2.05) is 37.3 Å². The van der Waals surface area contributed by atoms with Crippen molar-refractivity contribution in [1.29, 1.82) is 5.26 Å². The molecule has 0 fully saturated rings. The molecule has 1 aromatic heterocycles. The van der Waals surface area contributed by atoms with Crippen LogP contribution in [0.15, 0.2) is 84.6 Å². The third-order valence-electron chi connectivity index (χ3n) is 7.17. The van der Waals surface area contributed by atoms with Crippen molar-refractivity contribution < 1.29 is 23.7 Å². The van der Waals surface area contributed by atoms with Crippen LogP contribution >= 0.6 is 43.2 Å². The Labute approximate surface area is 286 Å². The highest BCUT2D eigenvalue weighted by Gasteiger charge is 2.35. The molecule has 0 spiro atoms. The predicted octanol–water partition coefficient (Wildman–Crippen LogP) is 6.18. The number of carbonyl (C=O) groups excluding carboxylic acids is 1. The maximum Gasteiger partial charge on any atom is 0.338 e. The Balaban J connectivity index is 1.57. The third-order valence-corrected chi connectivity index (χ3v) is 9.46. The van der Waals surface area contributed by atoms with Crippen molar-refractivity contribution in [2.75, 3.05) is 20.3 Å². The average molecular weight is 767 g/mol. The van der Waals surface area contributed by atoms with Crippen LogP contribution in [0, 0.1) is 11.3 Å². The van der Waals surface area contributed by atoms with Crippen molar-refractivity contribution in [2.24, 2.45) is 4.99 Å². The Morgan fingerprint density at radius 2 is 1.83 bits per heavy atom. The third kappa shape index (κ3) is 6.67. The van der Waals surface area contributed by atoms with Crippen LogP contribution in [-0.4, -0.2) is 30.9 Å². The van der Waals surface area contributed by atoms with E-state index < -0.39 is 12.0 Å². The number of benzene rings is 3. The predicted molar refractivity (Wildman–Crippen MR) is 182 cm³/mol. The number of hydrogen-bond acceptors (Lipinski definition) is 9. The molecule has 0 N–H and O–H groups in total. The van der Waals surface area contributed by atoms with Gasteiger partial charge in [0.25, 0.3) is 5.56 Å². The maximum atomic E-state index is 14.1. The van der Waals surface area contributed by atoms with Gasteiger partial charge in [-0.15, -0.1) is 0 Å². The largest absolute Gasteiger partial charge is 0.493 e. The minimum atomic E-state index is -0.838. The van der Waals surface area contributed by atoms with Crippen LogP contribution in [0.3, 0.4) is 0 Å². The van der Waals surface area contributed by atoms with Crippen LogP contribution in [0.1, 0.15) is 49.1 Å². The van der Waals surface area contributed by atoms with Gasteiger partial charge in [-0.25, -0.2) is 9.79 Å². The van der Waals surface area contributed by atoms with E-state index in [-0.39, 0.29) is 24.3 Å². The van der Waals surface area contributed by atoms with Crippen molar-refractivity contribution in [2.45, 2.75) is 33.4 Å². The van der Waals surface area contributed by atoms with Crippen molar-refractivity contribution in [1.82, 2.24) is 4.57 Å². The maximum absolute atomic E-state index is 14.1. The second-order valence-electron chi connectivity index (χ2n) is 10.0. The van der Waals surface area contributed by atoms with Gasteiger partial charge in [0.2, 0.25) is 0 Å². The molecule has 9 nitrogen and oxygen atoms in total. The molecule has 1 aliphatic rings. The lowest BCUT2D eigenvalue weighted by atomic mass is 9.95. The van der Waals surface area contributed by atoms with Gasteiger partial charge >= 0.3 is 5.97 Å². The molecule has 0 unspecified atom stereocenters. The van der Waals surface area contributed by atoms with Gasteiger partial charge in [0.15, 0.2) is 16.3 Å². The minimum absolute atomic E-state index is 0.167. The lowest BCUT2D eigenvalue weighted by molar-refractivity contribution is -0.139. The Morgan fingerprint density at radius 3 is 2.52 bits per heavy atom. The number of allylic oxidation sites excluding steroid dienone is 1. The van der Waals surface area contributed by atoms with E-state index in [1.54, 1.807) is 44.2 Å². The van der Waals surface area contributed by atoms with Gasteiger partial charge in [0.1, 0.15) is 12.4 Å². The molecule has 4 aromatic rings. The molecule has 0 amide bonds. The second kappa shape index (κ2) is 14.5. The summed E-state index contributed by atoms with van der Waals surface area (Å²) >= 11 is 8.45. The number of rotatable bonds is 10.